The third kappa shape index (κ3) is 8.94. The Hall–Kier alpha value is -2.66. The van der Waals surface area contributed by atoms with E-state index in [0.29, 0.717) is 11.1 Å². The fraction of sp³-hybridized carbons (Fsp3) is 0.391. The van der Waals surface area contributed by atoms with Crippen molar-refractivity contribution in [2.75, 3.05) is 26.3 Å². The average molecular weight is 520 g/mol. The van der Waals surface area contributed by atoms with Crippen molar-refractivity contribution in [3.05, 3.63) is 59.7 Å². The summed E-state index contributed by atoms with van der Waals surface area (Å²) in [6.45, 7) is -2.32. The van der Waals surface area contributed by atoms with Gasteiger partial charge in [0.2, 0.25) is 0 Å². The molecule has 11 heteroatoms. The molecule has 0 radical (unpaired) electrons. The van der Waals surface area contributed by atoms with E-state index in [1.807, 2.05) is 0 Å². The van der Waals surface area contributed by atoms with Crippen molar-refractivity contribution in [1.82, 2.24) is 9.80 Å². The number of rotatable bonds is 13. The van der Waals surface area contributed by atoms with Crippen LogP contribution in [0.5, 0.6) is 11.5 Å². The molecule has 2 rings (SSSR count). The van der Waals surface area contributed by atoms with Crippen LogP contribution in [0.2, 0.25) is 0 Å². The summed E-state index contributed by atoms with van der Waals surface area (Å²) in [5, 5.41) is 59.2. The second-order valence-corrected chi connectivity index (χ2v) is 7.35. The van der Waals surface area contributed by atoms with Gasteiger partial charge in [0, 0.05) is 41.3 Å². The van der Waals surface area contributed by atoms with E-state index in [1.165, 1.54) is 21.9 Å². The van der Waals surface area contributed by atoms with Gasteiger partial charge < -0.3 is 30.6 Å². The number of phenolic OH excluding ortho intramolecular Hbond substituents is 2. The van der Waals surface area contributed by atoms with Gasteiger partial charge in [-0.05, 0) is 12.1 Å². The second kappa shape index (κ2) is 15.3. The molecular weight excluding hydrogens is 488 g/mol. The van der Waals surface area contributed by atoms with Gasteiger partial charge in [0.1, 0.15) is 11.5 Å². The number of nitrogens with zero attached hydrogens (tertiary/aromatic N) is 2. The molecule has 0 saturated carbocycles. The summed E-state index contributed by atoms with van der Waals surface area (Å²) in [7, 11) is 0. The Balaban J connectivity index is 0.00000544. The smallest absolute Gasteiger partial charge is 0.317 e. The maximum absolute atomic E-state index is 11.5. The Bertz CT molecular complexity index is 841. The molecular formula is C23H32FeN2O8. The van der Waals surface area contributed by atoms with E-state index in [0.717, 1.165) is 0 Å². The molecule has 34 heavy (non-hydrogen) atoms. The summed E-state index contributed by atoms with van der Waals surface area (Å²) in [6, 6.07) is 10.7. The number of aliphatic hydroxyl groups is 2. The van der Waals surface area contributed by atoms with Crippen LogP contribution >= 0.6 is 0 Å². The predicted molar refractivity (Wildman–Crippen MR) is 121 cm³/mol. The van der Waals surface area contributed by atoms with Gasteiger partial charge in [-0.3, -0.25) is 19.4 Å². The van der Waals surface area contributed by atoms with Crippen LogP contribution in [-0.2, 0) is 39.7 Å². The van der Waals surface area contributed by atoms with Crippen LogP contribution in [0.25, 0.3) is 0 Å². The second-order valence-electron chi connectivity index (χ2n) is 7.35. The molecule has 6 N–H and O–H groups in total. The van der Waals surface area contributed by atoms with Crippen molar-refractivity contribution >= 4 is 11.9 Å². The normalized spacial score (nSPS) is 12.5. The van der Waals surface area contributed by atoms with Crippen molar-refractivity contribution in [2.24, 2.45) is 0 Å². The van der Waals surface area contributed by atoms with E-state index in [2.05, 4.69) is 0 Å². The molecule has 2 aromatic rings. The molecule has 0 saturated heterocycles. The first-order chi connectivity index (χ1) is 15.3. The summed E-state index contributed by atoms with van der Waals surface area (Å²) in [5.41, 5.74) is 0.823. The maximum Gasteiger partial charge on any atom is 0.317 e. The molecule has 0 aliphatic carbocycles. The van der Waals surface area contributed by atoms with E-state index in [1.54, 1.807) is 36.4 Å². The molecule has 0 aliphatic rings. The fourth-order valence-electron chi connectivity index (χ4n) is 3.62. The molecule has 0 spiro atoms. The zero-order valence-corrected chi connectivity index (χ0v) is 18.9. The van der Waals surface area contributed by atoms with Gasteiger partial charge in [0.25, 0.3) is 0 Å². The first-order valence-corrected chi connectivity index (χ1v) is 9.94. The van der Waals surface area contributed by atoms with Gasteiger partial charge in [-0.2, -0.15) is 0 Å². The van der Waals surface area contributed by atoms with Crippen molar-refractivity contribution in [3.63, 3.8) is 0 Å². The van der Waals surface area contributed by atoms with Crippen LogP contribution in [0.15, 0.2) is 48.5 Å². The van der Waals surface area contributed by atoms with Gasteiger partial charge in [0.05, 0.1) is 38.4 Å². The fourth-order valence-corrected chi connectivity index (χ4v) is 3.62. The zero-order valence-electron chi connectivity index (χ0n) is 17.8. The minimum Gasteiger partial charge on any atom is -0.508 e. The third-order valence-electron chi connectivity index (χ3n) is 5.16. The van der Waals surface area contributed by atoms with Gasteiger partial charge in [-0.25, -0.2) is 0 Å². The van der Waals surface area contributed by atoms with Crippen molar-refractivity contribution in [1.29, 1.82) is 0 Å². The summed E-state index contributed by atoms with van der Waals surface area (Å²) in [4.78, 5) is 25.7. The Morgan fingerprint density at radius 3 is 1.29 bits per heavy atom. The number of aliphatic carboxylic acids is 2. The van der Waals surface area contributed by atoms with E-state index >= 15 is 0 Å². The number of phenols is 2. The number of hydrogen-bond donors (Lipinski definition) is 6. The SMILES string of the molecule is C.O=C(O)CN(Cc1ccccc1O)C(CO)[C@@H](CO)N(CC(=O)O)Cc1ccccc1O.[Fe]. The quantitative estimate of drug-likeness (QED) is 0.210. The summed E-state index contributed by atoms with van der Waals surface area (Å²) >= 11 is 0. The predicted octanol–water partition coefficient (Wildman–Crippen LogP) is 0.927. The Kier molecular flexibility index (Phi) is 14.1. The van der Waals surface area contributed by atoms with Crippen LogP contribution in [-0.4, -0.2) is 90.8 Å². The molecule has 0 fully saturated rings. The Morgan fingerprint density at radius 2 is 1.03 bits per heavy atom. The first-order valence-electron chi connectivity index (χ1n) is 9.94. The number of aromatic hydroxyl groups is 2. The van der Waals surface area contributed by atoms with Gasteiger partial charge in [-0.1, -0.05) is 43.8 Å². The molecule has 0 aromatic heterocycles. The van der Waals surface area contributed by atoms with Crippen LogP contribution in [0.1, 0.15) is 18.6 Å². The monoisotopic (exact) mass is 520 g/mol. The number of aliphatic hydroxyl groups excluding tert-OH is 2. The molecule has 190 valence electrons. The number of carbonyl (C=O) groups is 2. The van der Waals surface area contributed by atoms with E-state index in [9.17, 15) is 40.2 Å². The average Bonchev–Trinajstić information content (AvgIpc) is 2.73. The number of para-hydroxylation sites is 2. The molecule has 0 amide bonds. The van der Waals surface area contributed by atoms with Crippen LogP contribution in [0.4, 0.5) is 0 Å². The summed E-state index contributed by atoms with van der Waals surface area (Å²) in [6.07, 6.45) is 0. The third-order valence-corrected chi connectivity index (χ3v) is 5.16. The summed E-state index contributed by atoms with van der Waals surface area (Å²) in [5.74, 6) is -2.50. The summed E-state index contributed by atoms with van der Waals surface area (Å²) < 4.78 is 0. The van der Waals surface area contributed by atoms with Crippen molar-refractivity contribution in [3.8, 4) is 11.5 Å². The minimum atomic E-state index is -1.19. The number of hydrogen-bond acceptors (Lipinski definition) is 8. The largest absolute Gasteiger partial charge is 0.508 e. The zero-order chi connectivity index (χ0) is 23.7. The standard InChI is InChI=1S/C22H28N2O8.CH4.Fe/c25-13-17(23(11-21(29)30)9-15-5-1-3-7-19(15)27)18(14-26)24(12-22(31)32)10-16-6-2-4-8-20(16)28;;/h1-8,17-18,25-28H,9-14H2,(H,29,30)(H,31,32);1H4;/t17-,18?;;/m1../s1. The molecule has 0 bridgehead atoms. The molecule has 10 nitrogen and oxygen atoms in total. The van der Waals surface area contributed by atoms with Crippen LogP contribution in [0, 0.1) is 0 Å². The topological polar surface area (TPSA) is 162 Å². The van der Waals surface area contributed by atoms with Crippen molar-refractivity contribution < 1.29 is 57.3 Å². The van der Waals surface area contributed by atoms with Gasteiger partial charge in [0.15, 0.2) is 0 Å². The number of carboxylic acids is 2. The molecule has 2 atom stereocenters. The molecule has 1 unspecified atom stereocenters. The van der Waals surface area contributed by atoms with E-state index < -0.39 is 50.3 Å². The first kappa shape index (κ1) is 31.3. The Morgan fingerprint density at radius 1 is 0.706 bits per heavy atom. The number of benzene rings is 2. The van der Waals surface area contributed by atoms with Gasteiger partial charge >= 0.3 is 11.9 Å². The number of carboxylic acid groups (broad SMARTS) is 2. The van der Waals surface area contributed by atoms with Crippen LogP contribution in [0.3, 0.4) is 0 Å². The van der Waals surface area contributed by atoms with E-state index in [-0.39, 0.29) is 49.1 Å². The van der Waals surface area contributed by atoms with Gasteiger partial charge in [-0.15, -0.1) is 0 Å². The van der Waals surface area contributed by atoms with E-state index in [4.69, 9.17) is 0 Å². The maximum atomic E-state index is 11.5. The molecule has 0 aliphatic heterocycles. The Labute approximate surface area is 209 Å². The molecule has 0 heterocycles. The minimum absolute atomic E-state index is 0. The van der Waals surface area contributed by atoms with Crippen molar-refractivity contribution in [2.45, 2.75) is 32.6 Å². The van der Waals surface area contributed by atoms with Crippen LogP contribution < -0.4 is 0 Å². The molecule has 2 aromatic carbocycles.